The lowest BCUT2D eigenvalue weighted by Crippen LogP contribution is -2.13. The highest BCUT2D eigenvalue weighted by Crippen LogP contribution is 2.17. The number of halogens is 1. The van der Waals surface area contributed by atoms with Crippen LogP contribution in [0.1, 0.15) is 18.1 Å². The third-order valence-electron chi connectivity index (χ3n) is 3.07. The van der Waals surface area contributed by atoms with Crippen LogP contribution in [0.3, 0.4) is 0 Å². The Morgan fingerprint density at radius 2 is 2.00 bits per heavy atom. The highest BCUT2D eigenvalue weighted by molar-refractivity contribution is 9.10. The first-order valence-electron chi connectivity index (χ1n) is 6.94. The van der Waals surface area contributed by atoms with Crippen molar-refractivity contribution < 1.29 is 4.74 Å². The van der Waals surface area contributed by atoms with Gasteiger partial charge < -0.3 is 4.74 Å². The van der Waals surface area contributed by atoms with Gasteiger partial charge in [-0.1, -0.05) is 52.0 Å². The van der Waals surface area contributed by atoms with Gasteiger partial charge in [0.15, 0.2) is 4.32 Å². The van der Waals surface area contributed by atoms with Gasteiger partial charge in [0.25, 0.3) is 0 Å². The number of nitrogens with one attached hydrogen (secondary N) is 1. The molecule has 0 bridgehead atoms. The molecule has 2 rings (SSSR count). The SMILES string of the molecule is CSC(=S)N/N=C(\C)c1ccc(OCc2cccc(Br)c2)cc1. The van der Waals surface area contributed by atoms with Gasteiger partial charge in [0.2, 0.25) is 0 Å². The predicted molar refractivity (Wildman–Crippen MR) is 106 cm³/mol. The molecule has 0 radical (unpaired) electrons. The zero-order chi connectivity index (χ0) is 16.7. The van der Waals surface area contributed by atoms with Crippen molar-refractivity contribution in [2.45, 2.75) is 13.5 Å². The van der Waals surface area contributed by atoms with Gasteiger partial charge in [0.05, 0.1) is 5.71 Å². The maximum atomic E-state index is 5.80. The largest absolute Gasteiger partial charge is 0.489 e. The minimum atomic E-state index is 0.537. The summed E-state index contributed by atoms with van der Waals surface area (Å²) in [6.07, 6.45) is 1.91. The van der Waals surface area contributed by atoms with Crippen LogP contribution in [0.5, 0.6) is 5.75 Å². The molecule has 3 nitrogen and oxygen atoms in total. The topological polar surface area (TPSA) is 33.6 Å². The maximum absolute atomic E-state index is 5.80. The monoisotopic (exact) mass is 408 g/mol. The molecule has 0 saturated heterocycles. The Kier molecular flexibility index (Phi) is 7.08. The van der Waals surface area contributed by atoms with Crippen molar-refractivity contribution in [2.24, 2.45) is 5.10 Å². The molecule has 0 aromatic heterocycles. The van der Waals surface area contributed by atoms with E-state index in [1.807, 2.05) is 61.7 Å². The highest BCUT2D eigenvalue weighted by Gasteiger charge is 2.01. The quantitative estimate of drug-likeness (QED) is 0.429. The Balaban J connectivity index is 1.95. The summed E-state index contributed by atoms with van der Waals surface area (Å²) in [5.74, 6) is 0.828. The van der Waals surface area contributed by atoms with E-state index in [4.69, 9.17) is 17.0 Å². The van der Waals surface area contributed by atoms with Crippen LogP contribution in [-0.2, 0) is 6.61 Å². The van der Waals surface area contributed by atoms with E-state index >= 15 is 0 Å². The zero-order valence-corrected chi connectivity index (χ0v) is 16.1. The molecule has 0 saturated carbocycles. The molecule has 0 spiro atoms. The first kappa shape index (κ1) is 18.0. The normalized spacial score (nSPS) is 11.2. The van der Waals surface area contributed by atoms with Gasteiger partial charge in [-0.2, -0.15) is 5.10 Å². The minimum absolute atomic E-state index is 0.537. The van der Waals surface area contributed by atoms with Crippen molar-refractivity contribution >= 4 is 49.9 Å². The maximum Gasteiger partial charge on any atom is 0.153 e. The van der Waals surface area contributed by atoms with Crippen molar-refractivity contribution in [2.75, 3.05) is 6.26 Å². The van der Waals surface area contributed by atoms with Crippen LogP contribution in [0.4, 0.5) is 0 Å². The molecule has 0 fully saturated rings. The van der Waals surface area contributed by atoms with Gasteiger partial charge in [0.1, 0.15) is 12.4 Å². The molecule has 6 heteroatoms. The summed E-state index contributed by atoms with van der Waals surface area (Å²) >= 11 is 9.97. The van der Waals surface area contributed by atoms with Crippen LogP contribution in [0.25, 0.3) is 0 Å². The summed E-state index contributed by atoms with van der Waals surface area (Å²) < 4.78 is 7.50. The summed E-state index contributed by atoms with van der Waals surface area (Å²) in [4.78, 5) is 0. The van der Waals surface area contributed by atoms with Crippen molar-refractivity contribution in [3.8, 4) is 5.75 Å². The van der Waals surface area contributed by atoms with Crippen molar-refractivity contribution in [1.29, 1.82) is 0 Å². The fourth-order valence-corrected chi connectivity index (χ4v) is 2.45. The van der Waals surface area contributed by atoms with Gasteiger partial charge in [0, 0.05) is 4.47 Å². The highest BCUT2D eigenvalue weighted by atomic mass is 79.9. The summed E-state index contributed by atoms with van der Waals surface area (Å²) in [5.41, 5.74) is 5.86. The molecule has 2 aromatic rings. The summed E-state index contributed by atoms with van der Waals surface area (Å²) in [6, 6.07) is 15.9. The van der Waals surface area contributed by atoms with Crippen molar-refractivity contribution in [1.82, 2.24) is 5.43 Å². The zero-order valence-electron chi connectivity index (χ0n) is 12.9. The number of ether oxygens (including phenoxy) is 1. The third-order valence-corrected chi connectivity index (χ3v) is 4.61. The molecular weight excluding hydrogens is 392 g/mol. The molecule has 0 aliphatic heterocycles. The number of thioether (sulfide) groups is 1. The molecule has 0 heterocycles. The summed E-state index contributed by atoms with van der Waals surface area (Å²) in [5, 5.41) is 4.26. The van der Waals surface area contributed by atoms with E-state index in [1.165, 1.54) is 11.8 Å². The van der Waals surface area contributed by atoms with Crippen LogP contribution in [0.2, 0.25) is 0 Å². The van der Waals surface area contributed by atoms with Gasteiger partial charge in [-0.3, -0.25) is 5.43 Å². The van der Waals surface area contributed by atoms with Gasteiger partial charge in [-0.25, -0.2) is 0 Å². The lowest BCUT2D eigenvalue weighted by Gasteiger charge is -2.08. The summed E-state index contributed by atoms with van der Waals surface area (Å²) in [6.45, 7) is 2.47. The molecule has 1 N–H and O–H groups in total. The van der Waals surface area contributed by atoms with E-state index < -0.39 is 0 Å². The number of nitrogens with zero attached hydrogens (tertiary/aromatic N) is 1. The first-order chi connectivity index (χ1) is 11.1. The molecular formula is C17H17BrN2OS2. The first-order valence-corrected chi connectivity index (χ1v) is 9.37. The average molecular weight is 409 g/mol. The van der Waals surface area contributed by atoms with Gasteiger partial charge in [-0.05, 0) is 60.7 Å². The van der Waals surface area contributed by atoms with Crippen LogP contribution in [0, 0.1) is 0 Å². The number of hydrogen-bond acceptors (Lipinski definition) is 4. The number of hydrazone groups is 1. The second kappa shape index (κ2) is 9.05. The minimum Gasteiger partial charge on any atom is -0.489 e. The Labute approximate surface area is 154 Å². The van der Waals surface area contributed by atoms with E-state index in [-0.39, 0.29) is 0 Å². The van der Waals surface area contributed by atoms with E-state index in [2.05, 4.69) is 26.5 Å². The second-order valence-electron chi connectivity index (χ2n) is 4.74. The van der Waals surface area contributed by atoms with Gasteiger partial charge >= 0.3 is 0 Å². The van der Waals surface area contributed by atoms with E-state index in [9.17, 15) is 0 Å². The van der Waals surface area contributed by atoms with Crippen molar-refractivity contribution in [3.05, 3.63) is 64.1 Å². The number of rotatable bonds is 5. The molecule has 23 heavy (non-hydrogen) atoms. The predicted octanol–water partition coefficient (Wildman–Crippen LogP) is 4.99. The van der Waals surface area contributed by atoms with E-state index in [1.54, 1.807) is 0 Å². The fraction of sp³-hybridized carbons (Fsp3) is 0.176. The molecule has 0 aliphatic rings. The Morgan fingerprint density at radius 1 is 1.26 bits per heavy atom. The molecule has 0 atom stereocenters. The second-order valence-corrected chi connectivity index (χ2v) is 7.14. The molecule has 0 aliphatic carbocycles. The van der Waals surface area contributed by atoms with Crippen LogP contribution in [0.15, 0.2) is 58.1 Å². The van der Waals surface area contributed by atoms with Crippen LogP contribution < -0.4 is 10.2 Å². The van der Waals surface area contributed by atoms with Crippen LogP contribution >= 0.6 is 39.9 Å². The van der Waals surface area contributed by atoms with E-state index in [0.29, 0.717) is 10.9 Å². The Morgan fingerprint density at radius 3 is 2.65 bits per heavy atom. The standard InChI is InChI=1S/C17H17BrN2OS2/c1-12(19-20-17(22)23-2)14-6-8-16(9-7-14)21-11-13-4-3-5-15(18)10-13/h3-10H,11H2,1-2H3,(H,20,22)/b19-12+. The third kappa shape index (κ3) is 5.97. The Bertz CT molecular complexity index is 702. The van der Waals surface area contributed by atoms with Crippen molar-refractivity contribution in [3.63, 3.8) is 0 Å². The summed E-state index contributed by atoms with van der Waals surface area (Å²) in [7, 11) is 0. The molecule has 0 amide bonds. The van der Waals surface area contributed by atoms with E-state index in [0.717, 1.165) is 27.1 Å². The molecule has 120 valence electrons. The number of benzene rings is 2. The lowest BCUT2D eigenvalue weighted by atomic mass is 10.1. The Hall–Kier alpha value is -1.37. The fourth-order valence-electron chi connectivity index (χ4n) is 1.83. The number of thiocarbonyl (C=S) groups is 1. The smallest absolute Gasteiger partial charge is 0.153 e. The molecule has 2 aromatic carbocycles. The molecule has 0 unspecified atom stereocenters. The average Bonchev–Trinajstić information content (AvgIpc) is 2.58. The lowest BCUT2D eigenvalue weighted by molar-refractivity contribution is 0.306. The number of hydrogen-bond donors (Lipinski definition) is 1. The van der Waals surface area contributed by atoms with Gasteiger partial charge in [-0.15, -0.1) is 0 Å². The van der Waals surface area contributed by atoms with Crippen LogP contribution in [-0.4, -0.2) is 16.3 Å².